The van der Waals surface area contributed by atoms with Crippen LogP contribution in [0.1, 0.15) is 5.56 Å². The molecule has 0 fully saturated rings. The molecule has 0 bridgehead atoms. The first kappa shape index (κ1) is 11.0. The summed E-state index contributed by atoms with van der Waals surface area (Å²) in [6.07, 6.45) is -2.84. The first-order valence-corrected chi connectivity index (χ1v) is 4.56. The second-order valence-corrected chi connectivity index (χ2v) is 3.59. The van der Waals surface area contributed by atoms with Crippen LogP contribution in [0.4, 0.5) is 8.78 Å². The summed E-state index contributed by atoms with van der Waals surface area (Å²) in [5.41, 5.74) is 0.311. The lowest BCUT2D eigenvalue weighted by Gasteiger charge is -2.05. The predicted molar refractivity (Wildman–Crippen MR) is 51.2 cm³/mol. The molecular formula is C8H5Cl3F2. The summed E-state index contributed by atoms with van der Waals surface area (Å²) in [6, 6.07) is 2.90. The Morgan fingerprint density at radius 2 is 1.69 bits per heavy atom. The number of rotatable bonds is 2. The molecule has 0 unspecified atom stereocenters. The van der Waals surface area contributed by atoms with Crippen molar-refractivity contribution in [3.8, 4) is 0 Å². The minimum absolute atomic E-state index is 0.106. The van der Waals surface area contributed by atoms with Crippen LogP contribution in [0.25, 0.3) is 0 Å². The normalized spacial score (nSPS) is 10.9. The second-order valence-electron chi connectivity index (χ2n) is 2.43. The number of halogens is 5. The maximum atomic E-state index is 12.0. The lowest BCUT2D eigenvalue weighted by atomic mass is 10.1. The average Bonchev–Trinajstić information content (AvgIpc) is 2.06. The molecule has 1 aromatic carbocycles. The van der Waals surface area contributed by atoms with E-state index in [9.17, 15) is 8.78 Å². The maximum Gasteiger partial charge on any atom is 0.242 e. The van der Waals surface area contributed by atoms with Crippen molar-refractivity contribution >= 4 is 34.8 Å². The second kappa shape index (κ2) is 4.45. The van der Waals surface area contributed by atoms with Crippen molar-refractivity contribution in [2.75, 3.05) is 0 Å². The molecule has 13 heavy (non-hydrogen) atoms. The number of alkyl halides is 2. The molecule has 0 aliphatic rings. The fourth-order valence-electron chi connectivity index (χ4n) is 0.890. The van der Waals surface area contributed by atoms with Crippen LogP contribution in [0.15, 0.2) is 12.1 Å². The average molecular weight is 245 g/mol. The van der Waals surface area contributed by atoms with E-state index in [0.29, 0.717) is 5.56 Å². The molecule has 0 aromatic heterocycles. The molecule has 72 valence electrons. The third kappa shape index (κ3) is 2.70. The SMILES string of the molecule is FC(F)Cc1ccc(Cl)c(Cl)c1Cl. The van der Waals surface area contributed by atoms with E-state index in [1.54, 1.807) is 0 Å². The van der Waals surface area contributed by atoms with E-state index in [0.717, 1.165) is 0 Å². The largest absolute Gasteiger partial charge is 0.242 e. The number of benzene rings is 1. The summed E-state index contributed by atoms with van der Waals surface area (Å²) in [6.45, 7) is 0. The van der Waals surface area contributed by atoms with Gasteiger partial charge in [-0.25, -0.2) is 8.78 Å². The van der Waals surface area contributed by atoms with E-state index in [-0.39, 0.29) is 15.1 Å². The Labute approximate surface area is 89.4 Å². The lowest BCUT2D eigenvalue weighted by molar-refractivity contribution is 0.149. The molecule has 0 saturated heterocycles. The molecule has 0 radical (unpaired) electrons. The van der Waals surface area contributed by atoms with Gasteiger partial charge in [0.2, 0.25) is 6.43 Å². The van der Waals surface area contributed by atoms with Gasteiger partial charge >= 0.3 is 0 Å². The van der Waals surface area contributed by atoms with Gasteiger partial charge in [0.05, 0.1) is 15.1 Å². The van der Waals surface area contributed by atoms with Crippen LogP contribution in [-0.2, 0) is 6.42 Å². The van der Waals surface area contributed by atoms with Crippen molar-refractivity contribution in [1.29, 1.82) is 0 Å². The zero-order valence-corrected chi connectivity index (χ0v) is 8.60. The summed E-state index contributed by atoms with van der Waals surface area (Å²) < 4.78 is 24.0. The fourth-order valence-corrected chi connectivity index (χ4v) is 1.52. The summed E-state index contributed by atoms with van der Waals surface area (Å²) in [7, 11) is 0. The van der Waals surface area contributed by atoms with Gasteiger partial charge in [-0.2, -0.15) is 0 Å². The van der Waals surface area contributed by atoms with E-state index < -0.39 is 12.8 Å². The Morgan fingerprint density at radius 1 is 1.08 bits per heavy atom. The van der Waals surface area contributed by atoms with Crippen LogP contribution in [0.2, 0.25) is 15.1 Å². The van der Waals surface area contributed by atoms with Gasteiger partial charge in [0, 0.05) is 6.42 Å². The van der Waals surface area contributed by atoms with Gasteiger partial charge in [0.15, 0.2) is 0 Å². The van der Waals surface area contributed by atoms with Gasteiger partial charge in [-0.15, -0.1) is 0 Å². The topological polar surface area (TPSA) is 0 Å². The molecule has 5 heteroatoms. The Balaban J connectivity index is 3.04. The van der Waals surface area contributed by atoms with Crippen LogP contribution in [0.3, 0.4) is 0 Å². The molecule has 0 aliphatic carbocycles. The quantitative estimate of drug-likeness (QED) is 0.675. The molecule has 1 rings (SSSR count). The van der Waals surface area contributed by atoms with Crippen LogP contribution in [0.5, 0.6) is 0 Å². The Kier molecular flexibility index (Phi) is 3.77. The number of hydrogen-bond acceptors (Lipinski definition) is 0. The van der Waals surface area contributed by atoms with Crippen molar-refractivity contribution in [3.63, 3.8) is 0 Å². The van der Waals surface area contributed by atoms with E-state index in [2.05, 4.69) is 0 Å². The van der Waals surface area contributed by atoms with Crippen LogP contribution < -0.4 is 0 Å². The van der Waals surface area contributed by atoms with Crippen LogP contribution in [0, 0.1) is 0 Å². The molecule has 0 nitrogen and oxygen atoms in total. The van der Waals surface area contributed by atoms with Gasteiger partial charge in [-0.1, -0.05) is 40.9 Å². The van der Waals surface area contributed by atoms with Gasteiger partial charge in [-0.05, 0) is 11.6 Å². The first-order chi connectivity index (χ1) is 6.02. The van der Waals surface area contributed by atoms with Crippen molar-refractivity contribution in [1.82, 2.24) is 0 Å². The molecule has 0 spiro atoms. The molecule has 1 aromatic rings. The highest BCUT2D eigenvalue weighted by Crippen LogP contribution is 2.33. The van der Waals surface area contributed by atoms with Crippen molar-refractivity contribution in [2.24, 2.45) is 0 Å². The molecule has 0 atom stereocenters. The highest BCUT2D eigenvalue weighted by atomic mass is 35.5. The Morgan fingerprint density at radius 3 is 2.23 bits per heavy atom. The maximum absolute atomic E-state index is 12.0. The van der Waals surface area contributed by atoms with E-state index in [4.69, 9.17) is 34.8 Å². The molecular weight excluding hydrogens is 240 g/mol. The monoisotopic (exact) mass is 244 g/mol. The molecule has 0 saturated carbocycles. The van der Waals surface area contributed by atoms with Gasteiger partial charge < -0.3 is 0 Å². The Hall–Kier alpha value is -0.0500. The third-order valence-electron chi connectivity index (χ3n) is 1.49. The van der Waals surface area contributed by atoms with Crippen molar-refractivity contribution < 1.29 is 8.78 Å². The molecule has 0 heterocycles. The smallest absolute Gasteiger partial charge is 0.210 e. The fraction of sp³-hybridized carbons (Fsp3) is 0.250. The summed E-state index contributed by atoms with van der Waals surface area (Å²) in [5, 5.41) is 0.501. The molecule has 0 amide bonds. The summed E-state index contributed by atoms with van der Waals surface area (Å²) >= 11 is 17.0. The van der Waals surface area contributed by atoms with Gasteiger partial charge in [-0.3, -0.25) is 0 Å². The zero-order chi connectivity index (χ0) is 10.0. The van der Waals surface area contributed by atoms with Crippen LogP contribution >= 0.6 is 34.8 Å². The summed E-state index contributed by atoms with van der Waals surface area (Å²) in [5.74, 6) is 0. The van der Waals surface area contributed by atoms with E-state index in [1.807, 2.05) is 0 Å². The van der Waals surface area contributed by atoms with E-state index >= 15 is 0 Å². The van der Waals surface area contributed by atoms with Gasteiger partial charge in [0.25, 0.3) is 0 Å². The van der Waals surface area contributed by atoms with Crippen LogP contribution in [-0.4, -0.2) is 6.43 Å². The third-order valence-corrected chi connectivity index (χ3v) is 2.82. The molecule has 0 N–H and O–H groups in total. The molecule has 0 aliphatic heterocycles. The minimum Gasteiger partial charge on any atom is -0.210 e. The number of hydrogen-bond donors (Lipinski definition) is 0. The lowest BCUT2D eigenvalue weighted by Crippen LogP contribution is -1.97. The standard InChI is InChI=1S/C8H5Cl3F2/c9-5-2-1-4(3-6(12)13)7(10)8(5)11/h1-2,6H,3H2. The van der Waals surface area contributed by atoms with Crippen molar-refractivity contribution in [3.05, 3.63) is 32.8 Å². The minimum atomic E-state index is -2.44. The Bertz CT molecular complexity index is 313. The highest BCUT2D eigenvalue weighted by molar-refractivity contribution is 6.48. The summed E-state index contributed by atoms with van der Waals surface area (Å²) in [4.78, 5) is 0. The zero-order valence-electron chi connectivity index (χ0n) is 6.33. The van der Waals surface area contributed by atoms with E-state index in [1.165, 1.54) is 12.1 Å². The van der Waals surface area contributed by atoms with Gasteiger partial charge in [0.1, 0.15) is 0 Å². The first-order valence-electron chi connectivity index (χ1n) is 3.43. The highest BCUT2D eigenvalue weighted by Gasteiger charge is 2.12. The predicted octanol–water partition coefficient (Wildman–Crippen LogP) is 4.45. The van der Waals surface area contributed by atoms with Crippen molar-refractivity contribution in [2.45, 2.75) is 12.8 Å².